The van der Waals surface area contributed by atoms with Crippen LogP contribution in [0, 0.1) is 10.1 Å². The number of nitro benzene ring substituents is 1. The lowest BCUT2D eigenvalue weighted by molar-refractivity contribution is -0.384. The summed E-state index contributed by atoms with van der Waals surface area (Å²) in [4.78, 5) is 22.6. The molecule has 11 heteroatoms. The second kappa shape index (κ2) is 9.16. The van der Waals surface area contributed by atoms with Gasteiger partial charge in [-0.2, -0.15) is 4.31 Å². The van der Waals surface area contributed by atoms with E-state index < -0.39 is 27.0 Å². The van der Waals surface area contributed by atoms with Crippen molar-refractivity contribution in [1.29, 1.82) is 0 Å². The van der Waals surface area contributed by atoms with Gasteiger partial charge in [-0.25, -0.2) is 8.42 Å². The number of hydrogen-bond donors (Lipinski definition) is 2. The molecular weight excluding hydrogens is 400 g/mol. The molecule has 0 saturated carbocycles. The van der Waals surface area contributed by atoms with Gasteiger partial charge in [0.15, 0.2) is 0 Å². The zero-order chi connectivity index (χ0) is 21.8. The number of sulfonamides is 1. The molecule has 0 aliphatic heterocycles. The molecule has 1 aromatic carbocycles. The van der Waals surface area contributed by atoms with Gasteiger partial charge < -0.3 is 15.0 Å². The van der Waals surface area contributed by atoms with Gasteiger partial charge in [0.25, 0.3) is 11.6 Å². The van der Waals surface area contributed by atoms with Gasteiger partial charge in [-0.3, -0.25) is 14.9 Å². The molecule has 29 heavy (non-hydrogen) atoms. The first-order valence-electron chi connectivity index (χ1n) is 8.98. The largest absolute Gasteiger partial charge is 0.387 e. The fourth-order valence-corrected chi connectivity index (χ4v) is 4.36. The summed E-state index contributed by atoms with van der Waals surface area (Å²) in [5.41, 5.74) is 0.440. The van der Waals surface area contributed by atoms with Gasteiger partial charge in [0.05, 0.1) is 11.0 Å². The molecule has 0 bridgehead atoms. The molecule has 0 fully saturated rings. The molecule has 1 unspecified atom stereocenters. The van der Waals surface area contributed by atoms with Gasteiger partial charge in [-0.1, -0.05) is 13.8 Å². The maximum atomic E-state index is 12.6. The summed E-state index contributed by atoms with van der Waals surface area (Å²) in [5.74, 6) is -0.547. The molecule has 0 spiro atoms. The second-order valence-corrected chi connectivity index (χ2v) is 8.27. The Balaban J connectivity index is 2.09. The first kappa shape index (κ1) is 22.5. The molecule has 2 aromatic rings. The highest BCUT2D eigenvalue weighted by Gasteiger charge is 2.25. The molecule has 0 radical (unpaired) electrons. The minimum atomic E-state index is -3.69. The van der Waals surface area contributed by atoms with Crippen LogP contribution < -0.4 is 5.32 Å². The van der Waals surface area contributed by atoms with Gasteiger partial charge >= 0.3 is 0 Å². The number of benzene rings is 1. The van der Waals surface area contributed by atoms with Crippen molar-refractivity contribution in [2.24, 2.45) is 7.05 Å². The molecule has 1 amide bonds. The number of carbonyl (C=O) groups excluding carboxylic acids is 1. The topological polar surface area (TPSA) is 135 Å². The van der Waals surface area contributed by atoms with Crippen molar-refractivity contribution in [3.63, 3.8) is 0 Å². The highest BCUT2D eigenvalue weighted by Crippen LogP contribution is 2.20. The van der Waals surface area contributed by atoms with Crippen molar-refractivity contribution in [1.82, 2.24) is 14.2 Å². The number of nitro groups is 1. The van der Waals surface area contributed by atoms with Crippen molar-refractivity contribution in [3.8, 4) is 0 Å². The van der Waals surface area contributed by atoms with Gasteiger partial charge in [0.1, 0.15) is 10.6 Å². The highest BCUT2D eigenvalue weighted by atomic mass is 32.2. The molecule has 0 aliphatic carbocycles. The number of non-ortho nitro benzene ring substituents is 1. The number of aryl methyl sites for hydroxylation is 1. The Bertz CT molecular complexity index is 980. The van der Waals surface area contributed by atoms with Crippen molar-refractivity contribution < 1.29 is 23.2 Å². The van der Waals surface area contributed by atoms with Crippen LogP contribution in [0.4, 0.5) is 5.69 Å². The number of aliphatic hydroxyl groups excluding tert-OH is 1. The number of carbonyl (C=O) groups is 1. The van der Waals surface area contributed by atoms with E-state index in [-0.39, 0.29) is 22.8 Å². The SMILES string of the molecule is CCN(CC)S(=O)(=O)c1cc(C(=O)NCC(O)c2ccc([N+](=O)[O-])cc2)n(C)c1. The van der Waals surface area contributed by atoms with E-state index in [1.165, 1.54) is 45.4 Å². The fourth-order valence-electron chi connectivity index (χ4n) is 2.83. The van der Waals surface area contributed by atoms with Gasteiger partial charge in [-0.15, -0.1) is 0 Å². The average Bonchev–Trinajstić information content (AvgIpc) is 3.09. The van der Waals surface area contributed by atoms with E-state index in [0.29, 0.717) is 18.7 Å². The van der Waals surface area contributed by atoms with Crippen LogP contribution in [0.1, 0.15) is 36.0 Å². The molecule has 2 N–H and O–H groups in total. The molecule has 1 aromatic heterocycles. The quantitative estimate of drug-likeness (QED) is 0.462. The number of rotatable bonds is 9. The predicted octanol–water partition coefficient (Wildman–Crippen LogP) is 1.43. The third-order valence-electron chi connectivity index (χ3n) is 4.50. The molecule has 0 aliphatic rings. The van der Waals surface area contributed by atoms with Crippen LogP contribution in [-0.4, -0.2) is 52.9 Å². The number of amides is 1. The third kappa shape index (κ3) is 5.00. The molecule has 2 rings (SSSR count). The fraction of sp³-hybridized carbons (Fsp3) is 0.389. The Morgan fingerprint density at radius 1 is 1.28 bits per heavy atom. The van der Waals surface area contributed by atoms with Crippen LogP contribution in [0.15, 0.2) is 41.4 Å². The smallest absolute Gasteiger partial charge is 0.269 e. The monoisotopic (exact) mass is 424 g/mol. The van der Waals surface area contributed by atoms with E-state index in [1.54, 1.807) is 20.9 Å². The first-order valence-corrected chi connectivity index (χ1v) is 10.4. The minimum absolute atomic E-state index is 0.0183. The number of nitrogens with one attached hydrogen (secondary N) is 1. The number of aliphatic hydroxyl groups is 1. The lowest BCUT2D eigenvalue weighted by Gasteiger charge is -2.17. The number of nitrogens with zero attached hydrogens (tertiary/aromatic N) is 3. The van der Waals surface area contributed by atoms with Crippen LogP contribution in [0.5, 0.6) is 0 Å². The standard InChI is InChI=1S/C18H24N4O6S/c1-4-21(5-2)29(27,28)15-10-16(20(3)12-15)18(24)19-11-17(23)13-6-8-14(9-7-13)22(25)26/h6-10,12,17,23H,4-5,11H2,1-3H3,(H,19,24). The zero-order valence-corrected chi connectivity index (χ0v) is 17.2. The van der Waals surface area contributed by atoms with Gasteiger partial charge in [0.2, 0.25) is 10.0 Å². The first-order chi connectivity index (χ1) is 13.6. The van der Waals surface area contributed by atoms with Gasteiger partial charge in [-0.05, 0) is 23.8 Å². The molecular formula is C18H24N4O6S. The van der Waals surface area contributed by atoms with Crippen molar-refractivity contribution in [2.75, 3.05) is 19.6 Å². The summed E-state index contributed by atoms with van der Waals surface area (Å²) < 4.78 is 27.9. The lowest BCUT2D eigenvalue weighted by atomic mass is 10.1. The van der Waals surface area contributed by atoms with Crippen LogP contribution in [0.3, 0.4) is 0 Å². The zero-order valence-electron chi connectivity index (χ0n) is 16.4. The summed E-state index contributed by atoms with van der Waals surface area (Å²) >= 11 is 0. The Labute approximate surface area is 169 Å². The maximum Gasteiger partial charge on any atom is 0.269 e. The van der Waals surface area contributed by atoms with E-state index in [0.717, 1.165) is 0 Å². The molecule has 1 atom stereocenters. The Hall–Kier alpha value is -2.76. The normalized spacial score (nSPS) is 12.7. The summed E-state index contributed by atoms with van der Waals surface area (Å²) in [6.07, 6.45) is 0.300. The molecule has 0 saturated heterocycles. The summed E-state index contributed by atoms with van der Waals surface area (Å²) in [5, 5.41) is 23.4. The summed E-state index contributed by atoms with van der Waals surface area (Å²) in [6.45, 7) is 3.96. The lowest BCUT2D eigenvalue weighted by Crippen LogP contribution is -2.30. The summed E-state index contributed by atoms with van der Waals surface area (Å²) in [7, 11) is -2.14. The Kier molecular flexibility index (Phi) is 7.11. The molecule has 10 nitrogen and oxygen atoms in total. The predicted molar refractivity (Wildman–Crippen MR) is 106 cm³/mol. The maximum absolute atomic E-state index is 12.6. The van der Waals surface area contributed by atoms with E-state index in [1.807, 2.05) is 0 Å². The minimum Gasteiger partial charge on any atom is -0.387 e. The van der Waals surface area contributed by atoms with E-state index in [9.17, 15) is 28.4 Å². The number of aromatic nitrogens is 1. The van der Waals surface area contributed by atoms with Gasteiger partial charge in [0, 0.05) is 45.0 Å². The Morgan fingerprint density at radius 3 is 2.38 bits per heavy atom. The van der Waals surface area contributed by atoms with Crippen LogP contribution in [-0.2, 0) is 17.1 Å². The molecule has 158 valence electrons. The van der Waals surface area contributed by atoms with E-state index >= 15 is 0 Å². The van der Waals surface area contributed by atoms with Crippen LogP contribution in [0.2, 0.25) is 0 Å². The van der Waals surface area contributed by atoms with Crippen molar-refractivity contribution in [2.45, 2.75) is 24.8 Å². The van der Waals surface area contributed by atoms with Crippen molar-refractivity contribution in [3.05, 3.63) is 57.9 Å². The van der Waals surface area contributed by atoms with E-state index in [2.05, 4.69) is 5.32 Å². The van der Waals surface area contributed by atoms with Crippen LogP contribution in [0.25, 0.3) is 0 Å². The highest BCUT2D eigenvalue weighted by molar-refractivity contribution is 7.89. The third-order valence-corrected chi connectivity index (χ3v) is 6.52. The Morgan fingerprint density at radius 2 is 1.86 bits per heavy atom. The summed E-state index contributed by atoms with van der Waals surface area (Å²) in [6, 6.07) is 6.64. The van der Waals surface area contributed by atoms with E-state index in [4.69, 9.17) is 0 Å². The second-order valence-electron chi connectivity index (χ2n) is 6.34. The van der Waals surface area contributed by atoms with Crippen LogP contribution >= 0.6 is 0 Å². The van der Waals surface area contributed by atoms with Crippen molar-refractivity contribution >= 4 is 21.6 Å². The number of hydrogen-bond acceptors (Lipinski definition) is 6. The average molecular weight is 424 g/mol. The molecule has 1 heterocycles.